The van der Waals surface area contributed by atoms with Gasteiger partial charge in [0, 0.05) is 25.3 Å². The number of carbonyl (C=O) groups excluding carboxylic acids is 1. The standard InChI is InChI=1S/C27H32FN7O2/c1-27(2,37)25(28)13-31-26(36)21-12-30-23(24-5-4-20-6-16(10-29)11-32-35(20)24)9-22(21)33-19-7-17-14-34(3)15-18(17)8-19/h4-6,9,11-12,17-19,25,37H,7-8,13-15H2,1-3H3,(H,30,33)(H,31,36)/t17-,18+,19?,25-/m1/s1. The van der Waals surface area contributed by atoms with Crippen molar-refractivity contribution in [2.75, 3.05) is 32.0 Å². The number of anilines is 1. The highest BCUT2D eigenvalue weighted by Crippen LogP contribution is 2.39. The maximum absolute atomic E-state index is 14.3. The monoisotopic (exact) mass is 505 g/mol. The summed E-state index contributed by atoms with van der Waals surface area (Å²) in [5, 5.41) is 29.6. The van der Waals surface area contributed by atoms with E-state index in [1.165, 1.54) is 26.2 Å². The largest absolute Gasteiger partial charge is 0.387 e. The summed E-state index contributed by atoms with van der Waals surface area (Å²) >= 11 is 0. The molecule has 4 atom stereocenters. The number of aromatic nitrogens is 3. The van der Waals surface area contributed by atoms with Crippen LogP contribution < -0.4 is 10.6 Å². The van der Waals surface area contributed by atoms with E-state index >= 15 is 0 Å². The van der Waals surface area contributed by atoms with Crippen molar-refractivity contribution in [3.8, 4) is 17.5 Å². The molecular weight excluding hydrogens is 473 g/mol. The molecule has 2 aliphatic rings. The first kappa shape index (κ1) is 25.1. The highest BCUT2D eigenvalue weighted by molar-refractivity contribution is 6.00. The topological polar surface area (TPSA) is 119 Å². The zero-order valence-electron chi connectivity index (χ0n) is 21.3. The van der Waals surface area contributed by atoms with Crippen molar-refractivity contribution in [3.63, 3.8) is 0 Å². The molecule has 0 aromatic carbocycles. The molecule has 4 heterocycles. The molecular formula is C27H32FN7O2. The zero-order valence-corrected chi connectivity index (χ0v) is 21.3. The molecule has 194 valence electrons. The second kappa shape index (κ2) is 9.72. The normalized spacial score (nSPS) is 22.5. The maximum atomic E-state index is 14.3. The molecule has 2 fully saturated rings. The summed E-state index contributed by atoms with van der Waals surface area (Å²) in [6.45, 7) is 4.60. The van der Waals surface area contributed by atoms with Gasteiger partial charge in [-0.2, -0.15) is 10.4 Å². The number of rotatable bonds is 7. The third-order valence-corrected chi connectivity index (χ3v) is 7.54. The van der Waals surface area contributed by atoms with Crippen LogP contribution >= 0.6 is 0 Å². The quantitative estimate of drug-likeness (QED) is 0.452. The van der Waals surface area contributed by atoms with Gasteiger partial charge in [0.15, 0.2) is 0 Å². The van der Waals surface area contributed by atoms with Crippen molar-refractivity contribution in [1.82, 2.24) is 24.8 Å². The number of amides is 1. The van der Waals surface area contributed by atoms with Gasteiger partial charge in [-0.15, -0.1) is 0 Å². The summed E-state index contributed by atoms with van der Waals surface area (Å²) in [5.41, 5.74) is 1.97. The Bertz CT molecular complexity index is 1350. The molecule has 9 nitrogen and oxygen atoms in total. The van der Waals surface area contributed by atoms with Crippen LogP contribution in [0.15, 0.2) is 36.7 Å². The third-order valence-electron chi connectivity index (χ3n) is 7.54. The molecule has 1 saturated carbocycles. The van der Waals surface area contributed by atoms with Crippen LogP contribution in [0.5, 0.6) is 0 Å². The van der Waals surface area contributed by atoms with Crippen molar-refractivity contribution in [2.45, 2.75) is 44.5 Å². The van der Waals surface area contributed by atoms with E-state index in [2.05, 4.69) is 38.7 Å². The number of halogens is 1. The Morgan fingerprint density at radius 2 is 2.00 bits per heavy atom. The van der Waals surface area contributed by atoms with Gasteiger partial charge >= 0.3 is 0 Å². The van der Waals surface area contributed by atoms with E-state index in [0.717, 1.165) is 37.1 Å². The van der Waals surface area contributed by atoms with Gasteiger partial charge in [-0.25, -0.2) is 8.91 Å². The van der Waals surface area contributed by atoms with Gasteiger partial charge in [-0.3, -0.25) is 9.78 Å². The first-order valence-corrected chi connectivity index (χ1v) is 12.6. The van der Waals surface area contributed by atoms with Gasteiger partial charge in [-0.1, -0.05) is 0 Å². The number of pyridine rings is 1. The van der Waals surface area contributed by atoms with Crippen molar-refractivity contribution in [1.29, 1.82) is 5.26 Å². The predicted molar refractivity (Wildman–Crippen MR) is 138 cm³/mol. The lowest BCUT2D eigenvalue weighted by atomic mass is 10.0. The van der Waals surface area contributed by atoms with E-state index in [1.54, 1.807) is 10.6 Å². The number of alkyl halides is 1. The minimum Gasteiger partial charge on any atom is -0.387 e. The van der Waals surface area contributed by atoms with Crippen molar-refractivity contribution in [3.05, 3.63) is 47.8 Å². The van der Waals surface area contributed by atoms with E-state index in [9.17, 15) is 19.6 Å². The summed E-state index contributed by atoms with van der Waals surface area (Å²) < 4.78 is 16.0. The molecule has 1 saturated heterocycles. The van der Waals surface area contributed by atoms with Crippen LogP contribution in [0.1, 0.15) is 42.6 Å². The Kier molecular flexibility index (Phi) is 6.60. The molecule has 10 heteroatoms. The lowest BCUT2D eigenvalue weighted by Gasteiger charge is -2.23. The first-order chi connectivity index (χ1) is 17.6. The summed E-state index contributed by atoms with van der Waals surface area (Å²) in [6.07, 6.45) is 3.43. The molecule has 0 bridgehead atoms. The Hall–Kier alpha value is -3.55. The van der Waals surface area contributed by atoms with E-state index in [-0.39, 0.29) is 12.6 Å². The predicted octanol–water partition coefficient (Wildman–Crippen LogP) is 2.86. The van der Waals surface area contributed by atoms with E-state index in [1.807, 2.05) is 18.2 Å². The first-order valence-electron chi connectivity index (χ1n) is 12.6. The molecule has 5 rings (SSSR count). The van der Waals surface area contributed by atoms with Crippen molar-refractivity contribution in [2.24, 2.45) is 11.8 Å². The van der Waals surface area contributed by atoms with Crippen LogP contribution in [-0.2, 0) is 0 Å². The maximum Gasteiger partial charge on any atom is 0.255 e. The van der Waals surface area contributed by atoms with Gasteiger partial charge in [0.2, 0.25) is 0 Å². The van der Waals surface area contributed by atoms with Crippen LogP contribution in [0.4, 0.5) is 10.1 Å². The fourth-order valence-corrected chi connectivity index (χ4v) is 5.55. The Morgan fingerprint density at radius 3 is 2.68 bits per heavy atom. The van der Waals surface area contributed by atoms with Gasteiger partial charge in [0.05, 0.1) is 52.1 Å². The molecule has 1 aliphatic heterocycles. The lowest BCUT2D eigenvalue weighted by molar-refractivity contribution is -0.00177. The molecule has 0 radical (unpaired) electrons. The van der Waals surface area contributed by atoms with E-state index in [0.29, 0.717) is 34.3 Å². The van der Waals surface area contributed by atoms with Crippen LogP contribution in [0.2, 0.25) is 0 Å². The van der Waals surface area contributed by atoms with Crippen molar-refractivity contribution >= 4 is 17.1 Å². The summed E-state index contributed by atoms with van der Waals surface area (Å²) in [7, 11) is 2.15. The van der Waals surface area contributed by atoms with Gasteiger partial charge in [0.25, 0.3) is 5.91 Å². The number of carbonyl (C=O) groups is 1. The van der Waals surface area contributed by atoms with Crippen LogP contribution in [0.3, 0.4) is 0 Å². The number of aliphatic hydroxyl groups is 1. The van der Waals surface area contributed by atoms with Gasteiger partial charge in [0.1, 0.15) is 12.2 Å². The zero-order chi connectivity index (χ0) is 26.3. The lowest BCUT2D eigenvalue weighted by Crippen LogP contribution is -2.42. The fraction of sp³-hybridized carbons (Fsp3) is 0.481. The highest BCUT2D eigenvalue weighted by atomic mass is 19.1. The second-order valence-electron chi connectivity index (χ2n) is 10.9. The molecule has 3 N–H and O–H groups in total. The SMILES string of the molecule is CN1C[C@H]2CC(Nc3cc(-c4ccc5cc(C#N)cnn45)ncc3C(=O)NC[C@@H](F)C(C)(C)O)C[C@H]2C1. The number of hydrogen-bond acceptors (Lipinski definition) is 7. The molecule has 3 aromatic rings. The molecule has 1 aliphatic carbocycles. The minimum atomic E-state index is -1.61. The smallest absolute Gasteiger partial charge is 0.255 e. The fourth-order valence-electron chi connectivity index (χ4n) is 5.55. The van der Waals surface area contributed by atoms with Crippen LogP contribution in [0, 0.1) is 23.2 Å². The number of fused-ring (bicyclic) bond motifs is 2. The molecule has 37 heavy (non-hydrogen) atoms. The summed E-state index contributed by atoms with van der Waals surface area (Å²) in [6, 6.07) is 9.64. The van der Waals surface area contributed by atoms with E-state index < -0.39 is 17.7 Å². The highest BCUT2D eigenvalue weighted by Gasteiger charge is 2.40. The number of nitriles is 1. The Labute approximate surface area is 215 Å². The summed E-state index contributed by atoms with van der Waals surface area (Å²) in [5.74, 6) is 0.810. The van der Waals surface area contributed by atoms with Crippen molar-refractivity contribution < 1.29 is 14.3 Å². The number of likely N-dealkylation sites (tertiary alicyclic amines) is 1. The molecule has 1 unspecified atom stereocenters. The molecule has 1 amide bonds. The average molecular weight is 506 g/mol. The van der Waals surface area contributed by atoms with Crippen LogP contribution in [0.25, 0.3) is 16.9 Å². The number of nitrogens with one attached hydrogen (secondary N) is 2. The average Bonchev–Trinajstić information content (AvgIpc) is 3.53. The Balaban J connectivity index is 1.44. The summed E-state index contributed by atoms with van der Waals surface area (Å²) in [4.78, 5) is 20.0. The molecule has 0 spiro atoms. The third kappa shape index (κ3) is 5.15. The number of nitrogens with zero attached hydrogens (tertiary/aromatic N) is 5. The molecule has 3 aromatic heterocycles. The van der Waals surface area contributed by atoms with Gasteiger partial charge in [-0.05, 0) is 69.8 Å². The Morgan fingerprint density at radius 1 is 1.27 bits per heavy atom. The minimum absolute atomic E-state index is 0.219. The van der Waals surface area contributed by atoms with Gasteiger partial charge < -0.3 is 20.6 Å². The van der Waals surface area contributed by atoms with E-state index in [4.69, 9.17) is 0 Å². The number of hydrogen-bond donors (Lipinski definition) is 3. The van der Waals surface area contributed by atoms with Crippen LogP contribution in [-0.4, -0.2) is 75.0 Å². The second-order valence-corrected chi connectivity index (χ2v) is 10.9.